The predicted molar refractivity (Wildman–Crippen MR) is 133 cm³/mol. The number of fused-ring (bicyclic) bond motifs is 2. The molecule has 1 saturated heterocycles. The van der Waals surface area contributed by atoms with Crippen LogP contribution in [0.3, 0.4) is 0 Å². The fourth-order valence-electron chi connectivity index (χ4n) is 5.18. The van der Waals surface area contributed by atoms with Gasteiger partial charge in [-0.3, -0.25) is 14.9 Å². The van der Waals surface area contributed by atoms with Crippen molar-refractivity contribution in [3.63, 3.8) is 0 Å². The van der Waals surface area contributed by atoms with Crippen molar-refractivity contribution in [1.29, 1.82) is 0 Å². The molecular weight excluding hydrogens is 442 g/mol. The van der Waals surface area contributed by atoms with E-state index in [1.807, 2.05) is 42.5 Å². The van der Waals surface area contributed by atoms with Gasteiger partial charge in [0.15, 0.2) is 0 Å². The lowest BCUT2D eigenvalue weighted by Gasteiger charge is -2.29. The van der Waals surface area contributed by atoms with E-state index in [1.165, 1.54) is 0 Å². The van der Waals surface area contributed by atoms with Gasteiger partial charge in [-0.15, -0.1) is 0 Å². The molecule has 0 radical (unpaired) electrons. The number of amides is 2. The molecule has 0 bridgehead atoms. The van der Waals surface area contributed by atoms with Crippen molar-refractivity contribution < 1.29 is 19.1 Å². The first-order chi connectivity index (χ1) is 17.0. The van der Waals surface area contributed by atoms with Gasteiger partial charge in [0.1, 0.15) is 5.54 Å². The fourth-order valence-corrected chi connectivity index (χ4v) is 5.18. The lowest BCUT2D eigenvalue weighted by molar-refractivity contribution is -0.130. The van der Waals surface area contributed by atoms with Gasteiger partial charge < -0.3 is 15.4 Å². The Morgan fingerprint density at radius 1 is 1.00 bits per heavy atom. The normalized spacial score (nSPS) is 22.5. The van der Waals surface area contributed by atoms with Gasteiger partial charge in [0, 0.05) is 23.0 Å². The number of rotatable bonds is 6. The number of anilines is 2. The van der Waals surface area contributed by atoms with Crippen molar-refractivity contribution in [3.05, 3.63) is 95.6 Å². The molecule has 3 N–H and O–H groups in total. The van der Waals surface area contributed by atoms with E-state index < -0.39 is 17.4 Å². The lowest BCUT2D eigenvalue weighted by Crippen LogP contribution is -2.52. The van der Waals surface area contributed by atoms with Crippen molar-refractivity contribution in [2.45, 2.75) is 31.3 Å². The Kier molecular flexibility index (Phi) is 6.09. The second-order valence-electron chi connectivity index (χ2n) is 8.91. The van der Waals surface area contributed by atoms with E-state index in [0.29, 0.717) is 30.7 Å². The zero-order valence-corrected chi connectivity index (χ0v) is 19.4. The Morgan fingerprint density at radius 2 is 1.71 bits per heavy atom. The molecule has 2 amide bonds. The van der Waals surface area contributed by atoms with Gasteiger partial charge in [-0.25, -0.2) is 4.79 Å². The number of hydrogen-bond acceptors (Lipinski definition) is 5. The number of ether oxygens (including phenoxy) is 1. The van der Waals surface area contributed by atoms with Crippen LogP contribution in [0.5, 0.6) is 0 Å². The number of nitrogens with one attached hydrogen (secondary N) is 3. The maximum Gasteiger partial charge on any atom is 0.338 e. The first-order valence-electron chi connectivity index (χ1n) is 11.8. The highest BCUT2D eigenvalue weighted by Gasteiger charge is 2.59. The van der Waals surface area contributed by atoms with Gasteiger partial charge >= 0.3 is 5.97 Å². The molecule has 1 fully saturated rings. The molecule has 178 valence electrons. The maximum absolute atomic E-state index is 13.6. The summed E-state index contributed by atoms with van der Waals surface area (Å²) in [6, 6.07) is 24.1. The SMILES string of the molecule is CCOC(=O)c1ccc(NC(=O)[C@@H]2C[C@@H](Cc3ccccc3)N[C@]23C(=O)Nc2ccccc23)cc1. The average Bonchev–Trinajstić information content (AvgIpc) is 3.38. The fraction of sp³-hybridized carbons (Fsp3) is 0.250. The van der Waals surface area contributed by atoms with Crippen LogP contribution in [0.25, 0.3) is 0 Å². The summed E-state index contributed by atoms with van der Waals surface area (Å²) in [5.74, 6) is -1.49. The van der Waals surface area contributed by atoms with E-state index in [9.17, 15) is 14.4 Å². The minimum absolute atomic E-state index is 0.0590. The lowest BCUT2D eigenvalue weighted by atomic mass is 9.79. The number of carbonyl (C=O) groups is 3. The Hall–Kier alpha value is -3.97. The smallest absolute Gasteiger partial charge is 0.338 e. The summed E-state index contributed by atoms with van der Waals surface area (Å²) in [4.78, 5) is 39.0. The van der Waals surface area contributed by atoms with Crippen LogP contribution in [0.1, 0.15) is 34.8 Å². The molecular formula is C28H27N3O4. The van der Waals surface area contributed by atoms with E-state index in [0.717, 1.165) is 16.8 Å². The van der Waals surface area contributed by atoms with Crippen LogP contribution in [0, 0.1) is 5.92 Å². The van der Waals surface area contributed by atoms with E-state index in [-0.39, 0.29) is 17.9 Å². The zero-order valence-electron chi connectivity index (χ0n) is 19.4. The number of benzene rings is 3. The highest BCUT2D eigenvalue weighted by Crippen LogP contribution is 2.47. The van der Waals surface area contributed by atoms with Gasteiger partial charge in [-0.1, -0.05) is 48.5 Å². The average molecular weight is 470 g/mol. The molecule has 3 aromatic carbocycles. The highest BCUT2D eigenvalue weighted by molar-refractivity contribution is 6.10. The van der Waals surface area contributed by atoms with Gasteiger partial charge in [0.05, 0.1) is 18.1 Å². The standard InChI is InChI=1S/C28H27N3O4/c1-2-35-26(33)19-12-14-20(15-13-19)29-25(32)23-17-21(16-18-8-4-3-5-9-18)31-28(23)22-10-6-7-11-24(22)30-27(28)34/h3-15,21,23,31H,2,16-17H2,1H3,(H,29,32)(H,30,34)/t21-,23+,28+/m1/s1. The molecule has 0 aromatic heterocycles. The van der Waals surface area contributed by atoms with Gasteiger partial charge in [0.25, 0.3) is 0 Å². The summed E-state index contributed by atoms with van der Waals surface area (Å²) < 4.78 is 5.02. The number of hydrogen-bond donors (Lipinski definition) is 3. The molecule has 1 spiro atoms. The van der Waals surface area contributed by atoms with Crippen molar-refractivity contribution in [1.82, 2.24) is 5.32 Å². The van der Waals surface area contributed by atoms with Gasteiger partial charge in [0.2, 0.25) is 11.8 Å². The van der Waals surface area contributed by atoms with Crippen LogP contribution in [-0.2, 0) is 26.3 Å². The Balaban J connectivity index is 1.43. The molecule has 3 atom stereocenters. The second kappa shape index (κ2) is 9.35. The van der Waals surface area contributed by atoms with Crippen LogP contribution in [0.4, 0.5) is 11.4 Å². The largest absolute Gasteiger partial charge is 0.462 e. The van der Waals surface area contributed by atoms with Crippen LogP contribution in [-0.4, -0.2) is 30.4 Å². The molecule has 35 heavy (non-hydrogen) atoms. The predicted octanol–water partition coefficient (Wildman–Crippen LogP) is 3.87. The Morgan fingerprint density at radius 3 is 2.46 bits per heavy atom. The Labute approximate surface area is 203 Å². The van der Waals surface area contributed by atoms with E-state index in [1.54, 1.807) is 31.2 Å². The number of esters is 1. The van der Waals surface area contributed by atoms with Crippen molar-refractivity contribution in [2.75, 3.05) is 17.2 Å². The van der Waals surface area contributed by atoms with Crippen LogP contribution < -0.4 is 16.0 Å². The molecule has 2 aliphatic rings. The molecule has 2 aliphatic heterocycles. The van der Waals surface area contributed by atoms with Crippen LogP contribution in [0.15, 0.2) is 78.9 Å². The third-order valence-electron chi connectivity index (χ3n) is 6.74. The van der Waals surface area contributed by atoms with Crippen molar-refractivity contribution >= 4 is 29.2 Å². The zero-order chi connectivity index (χ0) is 24.4. The first kappa shape index (κ1) is 22.8. The molecule has 0 saturated carbocycles. The molecule has 3 aromatic rings. The van der Waals surface area contributed by atoms with Crippen molar-refractivity contribution in [2.24, 2.45) is 5.92 Å². The van der Waals surface area contributed by atoms with Crippen molar-refractivity contribution in [3.8, 4) is 0 Å². The van der Waals surface area contributed by atoms with Gasteiger partial charge in [-0.2, -0.15) is 0 Å². The summed E-state index contributed by atoms with van der Waals surface area (Å²) in [5.41, 5.74) is 2.47. The summed E-state index contributed by atoms with van der Waals surface area (Å²) in [5, 5.41) is 9.46. The quantitative estimate of drug-likeness (QED) is 0.477. The summed E-state index contributed by atoms with van der Waals surface area (Å²) in [6.45, 7) is 2.04. The van der Waals surface area contributed by atoms with Crippen LogP contribution in [0.2, 0.25) is 0 Å². The topological polar surface area (TPSA) is 96.5 Å². The molecule has 0 unspecified atom stereocenters. The molecule has 7 nitrogen and oxygen atoms in total. The third-order valence-corrected chi connectivity index (χ3v) is 6.74. The Bertz CT molecular complexity index is 1260. The van der Waals surface area contributed by atoms with E-state index in [4.69, 9.17) is 4.74 Å². The number of para-hydroxylation sites is 1. The summed E-state index contributed by atoms with van der Waals surface area (Å²) >= 11 is 0. The van der Waals surface area contributed by atoms with E-state index >= 15 is 0 Å². The highest BCUT2D eigenvalue weighted by atomic mass is 16.5. The number of carbonyl (C=O) groups excluding carboxylic acids is 3. The molecule has 7 heteroatoms. The molecule has 0 aliphatic carbocycles. The summed E-state index contributed by atoms with van der Waals surface area (Å²) in [6.07, 6.45) is 1.21. The maximum atomic E-state index is 13.6. The molecule has 5 rings (SSSR count). The monoisotopic (exact) mass is 469 g/mol. The first-order valence-corrected chi connectivity index (χ1v) is 11.8. The van der Waals surface area contributed by atoms with E-state index in [2.05, 4.69) is 28.1 Å². The molecule has 2 heterocycles. The minimum atomic E-state index is -1.15. The third kappa shape index (κ3) is 4.19. The summed E-state index contributed by atoms with van der Waals surface area (Å²) in [7, 11) is 0. The van der Waals surface area contributed by atoms with Crippen LogP contribution >= 0.6 is 0 Å². The second-order valence-corrected chi connectivity index (χ2v) is 8.91. The van der Waals surface area contributed by atoms with Gasteiger partial charge in [-0.05, 0) is 55.7 Å². The minimum Gasteiger partial charge on any atom is -0.462 e.